The Bertz CT molecular complexity index is 355. The van der Waals surface area contributed by atoms with Crippen LogP contribution in [0.15, 0.2) is 24.3 Å². The molecule has 3 heteroatoms. The predicted octanol–water partition coefficient (Wildman–Crippen LogP) is 4.16. The molecule has 0 aromatic heterocycles. The monoisotopic (exact) mass is 254 g/mol. The largest absolute Gasteiger partial charge is 0.381 e. The first-order valence-corrected chi connectivity index (χ1v) is 6.59. The second kappa shape index (κ2) is 6.28. The van der Waals surface area contributed by atoms with Gasteiger partial charge in [-0.15, -0.1) is 0 Å². The van der Waals surface area contributed by atoms with Crippen molar-refractivity contribution >= 4 is 0 Å². The first-order valence-electron chi connectivity index (χ1n) is 6.59. The van der Waals surface area contributed by atoms with Crippen LogP contribution in [-0.4, -0.2) is 19.6 Å². The lowest BCUT2D eigenvalue weighted by Gasteiger charge is -2.26. The summed E-state index contributed by atoms with van der Waals surface area (Å²) in [6, 6.07) is 7.50. The van der Waals surface area contributed by atoms with Crippen molar-refractivity contribution in [3.63, 3.8) is 0 Å². The van der Waals surface area contributed by atoms with E-state index in [1.54, 1.807) is 0 Å². The van der Waals surface area contributed by atoms with Crippen LogP contribution in [0.25, 0.3) is 0 Å². The van der Waals surface area contributed by atoms with Crippen molar-refractivity contribution in [3.8, 4) is 0 Å². The third-order valence-corrected chi connectivity index (χ3v) is 3.74. The van der Waals surface area contributed by atoms with Gasteiger partial charge in [-0.05, 0) is 37.7 Å². The van der Waals surface area contributed by atoms with Crippen molar-refractivity contribution < 1.29 is 13.5 Å². The Labute approximate surface area is 107 Å². The maximum absolute atomic E-state index is 13.2. The summed E-state index contributed by atoms with van der Waals surface area (Å²) in [5.41, 5.74) is 1.87. The van der Waals surface area contributed by atoms with Crippen LogP contribution in [0.5, 0.6) is 0 Å². The summed E-state index contributed by atoms with van der Waals surface area (Å²) in [6.07, 6.45) is 0.115. The van der Waals surface area contributed by atoms with Gasteiger partial charge in [0.2, 0.25) is 6.43 Å². The van der Waals surface area contributed by atoms with Crippen LogP contribution in [0.2, 0.25) is 0 Å². The summed E-state index contributed by atoms with van der Waals surface area (Å²) >= 11 is 0. The molecular weight excluding hydrogens is 234 g/mol. The van der Waals surface area contributed by atoms with Gasteiger partial charge < -0.3 is 4.74 Å². The number of alkyl halides is 2. The number of halogens is 2. The highest BCUT2D eigenvalue weighted by molar-refractivity contribution is 5.25. The smallest absolute Gasteiger partial charge is 0.245 e. The average molecular weight is 254 g/mol. The maximum Gasteiger partial charge on any atom is 0.245 e. The fraction of sp³-hybridized carbons (Fsp3) is 0.600. The molecule has 1 nitrogen and oxygen atoms in total. The highest BCUT2D eigenvalue weighted by Gasteiger charge is 2.27. The normalized spacial score (nSPS) is 19.1. The van der Waals surface area contributed by atoms with Gasteiger partial charge in [-0.2, -0.15) is 0 Å². The Kier molecular flexibility index (Phi) is 4.70. The zero-order valence-electron chi connectivity index (χ0n) is 10.7. The summed E-state index contributed by atoms with van der Waals surface area (Å²) in [5.74, 6) is -0.257. The predicted molar refractivity (Wildman–Crippen MR) is 68.1 cm³/mol. The van der Waals surface area contributed by atoms with Gasteiger partial charge in [-0.3, -0.25) is 0 Å². The van der Waals surface area contributed by atoms with E-state index in [0.29, 0.717) is 25.6 Å². The number of hydrogen-bond acceptors (Lipinski definition) is 1. The van der Waals surface area contributed by atoms with Crippen molar-refractivity contribution in [1.82, 2.24) is 0 Å². The van der Waals surface area contributed by atoms with E-state index in [1.807, 2.05) is 31.2 Å². The second-order valence-corrected chi connectivity index (χ2v) is 5.14. The highest BCUT2D eigenvalue weighted by atomic mass is 19.3. The van der Waals surface area contributed by atoms with Gasteiger partial charge in [0.1, 0.15) is 0 Å². The lowest BCUT2D eigenvalue weighted by molar-refractivity contribution is 0.0455. The first kappa shape index (κ1) is 13.5. The van der Waals surface area contributed by atoms with Crippen molar-refractivity contribution in [3.05, 3.63) is 35.4 Å². The Hall–Kier alpha value is -0.960. The number of benzene rings is 1. The summed E-state index contributed by atoms with van der Waals surface area (Å²) in [6.45, 7) is 3.41. The summed E-state index contributed by atoms with van der Waals surface area (Å²) in [4.78, 5) is 0. The Balaban J connectivity index is 2.05. The van der Waals surface area contributed by atoms with Crippen LogP contribution in [0.1, 0.15) is 36.3 Å². The lowest BCUT2D eigenvalue weighted by atomic mass is 9.85. The number of hydrogen-bond donors (Lipinski definition) is 0. The molecule has 100 valence electrons. The van der Waals surface area contributed by atoms with Crippen molar-refractivity contribution in [2.75, 3.05) is 13.2 Å². The van der Waals surface area contributed by atoms with E-state index in [2.05, 4.69) is 0 Å². The fourth-order valence-corrected chi connectivity index (χ4v) is 2.54. The molecule has 0 amide bonds. The third-order valence-electron chi connectivity index (χ3n) is 3.74. The SMILES string of the molecule is Cc1ccc(C(CC2CCOCC2)C(F)F)cc1. The molecule has 0 N–H and O–H groups in total. The molecule has 1 atom stereocenters. The number of ether oxygens (including phenoxy) is 1. The van der Waals surface area contributed by atoms with E-state index in [-0.39, 0.29) is 0 Å². The average Bonchev–Trinajstić information content (AvgIpc) is 2.38. The molecule has 1 aromatic rings. The number of rotatable bonds is 4. The van der Waals surface area contributed by atoms with Gasteiger partial charge in [0.25, 0.3) is 0 Å². The molecule has 0 radical (unpaired) electrons. The minimum Gasteiger partial charge on any atom is -0.381 e. The van der Waals surface area contributed by atoms with Crippen molar-refractivity contribution in [1.29, 1.82) is 0 Å². The molecule has 1 fully saturated rings. The third kappa shape index (κ3) is 3.52. The molecule has 18 heavy (non-hydrogen) atoms. The summed E-state index contributed by atoms with van der Waals surface area (Å²) in [7, 11) is 0. The zero-order valence-corrected chi connectivity index (χ0v) is 10.7. The van der Waals surface area contributed by atoms with Gasteiger partial charge in [0.05, 0.1) is 0 Å². The Morgan fingerprint density at radius 1 is 1.17 bits per heavy atom. The van der Waals surface area contributed by atoms with Crippen LogP contribution < -0.4 is 0 Å². The van der Waals surface area contributed by atoms with E-state index in [0.717, 1.165) is 24.0 Å². The highest BCUT2D eigenvalue weighted by Crippen LogP contribution is 2.33. The van der Waals surface area contributed by atoms with Gasteiger partial charge >= 0.3 is 0 Å². The molecular formula is C15H20F2O. The molecule has 0 bridgehead atoms. The molecule has 1 heterocycles. The molecule has 0 saturated carbocycles. The van der Waals surface area contributed by atoms with Crippen LogP contribution in [0.3, 0.4) is 0 Å². The lowest BCUT2D eigenvalue weighted by Crippen LogP contribution is -2.21. The van der Waals surface area contributed by atoms with Crippen LogP contribution in [0.4, 0.5) is 8.78 Å². The van der Waals surface area contributed by atoms with E-state index in [9.17, 15) is 8.78 Å². The van der Waals surface area contributed by atoms with Gasteiger partial charge in [-0.25, -0.2) is 8.78 Å². The molecule has 1 unspecified atom stereocenters. The van der Waals surface area contributed by atoms with Gasteiger partial charge in [-0.1, -0.05) is 29.8 Å². The van der Waals surface area contributed by atoms with Crippen molar-refractivity contribution in [2.24, 2.45) is 5.92 Å². The maximum atomic E-state index is 13.2. The van der Waals surface area contributed by atoms with E-state index in [4.69, 9.17) is 4.74 Å². The molecule has 0 spiro atoms. The van der Waals surface area contributed by atoms with Crippen LogP contribution >= 0.6 is 0 Å². The fourth-order valence-electron chi connectivity index (χ4n) is 2.54. The quantitative estimate of drug-likeness (QED) is 0.784. The number of aryl methyl sites for hydroxylation is 1. The first-order chi connectivity index (χ1) is 8.66. The van der Waals surface area contributed by atoms with Crippen LogP contribution in [-0.2, 0) is 4.74 Å². The molecule has 1 aliphatic heterocycles. The van der Waals surface area contributed by atoms with E-state index in [1.165, 1.54) is 0 Å². The molecule has 1 saturated heterocycles. The molecule has 1 aliphatic rings. The van der Waals surface area contributed by atoms with E-state index >= 15 is 0 Å². The van der Waals surface area contributed by atoms with Gasteiger partial charge in [0, 0.05) is 19.1 Å². The second-order valence-electron chi connectivity index (χ2n) is 5.14. The Morgan fingerprint density at radius 2 is 1.78 bits per heavy atom. The van der Waals surface area contributed by atoms with Gasteiger partial charge in [0.15, 0.2) is 0 Å². The van der Waals surface area contributed by atoms with E-state index < -0.39 is 12.3 Å². The molecule has 0 aliphatic carbocycles. The Morgan fingerprint density at radius 3 is 2.33 bits per heavy atom. The van der Waals surface area contributed by atoms with Crippen molar-refractivity contribution in [2.45, 2.75) is 38.5 Å². The van der Waals surface area contributed by atoms with Crippen LogP contribution in [0, 0.1) is 12.8 Å². The minimum absolute atomic E-state index is 0.374. The standard InChI is InChI=1S/C15H20F2O/c1-11-2-4-13(5-3-11)14(15(16)17)10-12-6-8-18-9-7-12/h2-5,12,14-15H,6-10H2,1H3. The minimum atomic E-state index is -2.28. The molecule has 1 aromatic carbocycles. The zero-order chi connectivity index (χ0) is 13.0. The topological polar surface area (TPSA) is 9.23 Å². The molecule has 2 rings (SSSR count). The summed E-state index contributed by atoms with van der Waals surface area (Å²) in [5, 5.41) is 0. The summed E-state index contributed by atoms with van der Waals surface area (Å²) < 4.78 is 31.7.